The third kappa shape index (κ3) is 1.73. The molecular weight excluding hydrogens is 181 g/mol. The lowest BCUT2D eigenvalue weighted by Crippen LogP contribution is -1.93. The van der Waals surface area contributed by atoms with Crippen LogP contribution in [-0.4, -0.2) is 5.11 Å². The van der Waals surface area contributed by atoms with Gasteiger partial charge < -0.3 is 5.11 Å². The number of aliphatic hydroxyl groups excluding tert-OH is 1. The van der Waals surface area contributed by atoms with Crippen molar-refractivity contribution in [3.05, 3.63) is 34.6 Å². The van der Waals surface area contributed by atoms with E-state index >= 15 is 0 Å². The fourth-order valence-corrected chi connectivity index (χ4v) is 0.875. The quantitative estimate of drug-likeness (QED) is 0.681. The van der Waals surface area contributed by atoms with E-state index in [-0.39, 0.29) is 10.6 Å². The van der Waals surface area contributed by atoms with Gasteiger partial charge in [-0.05, 0) is 17.7 Å². The molecule has 0 aliphatic carbocycles. The van der Waals surface area contributed by atoms with Crippen LogP contribution in [0.4, 0.5) is 4.39 Å². The summed E-state index contributed by atoms with van der Waals surface area (Å²) in [6.45, 7) is 0. The molecule has 12 heavy (non-hydrogen) atoms. The maximum Gasteiger partial charge on any atom is 0.166 e. The van der Waals surface area contributed by atoms with Crippen LogP contribution in [0.5, 0.6) is 0 Å². The predicted octanol–water partition coefficient (Wildman–Crippen LogP) is 2.04. The Balaban J connectivity index is 3.06. The Morgan fingerprint density at radius 3 is 2.75 bits per heavy atom. The maximum absolute atomic E-state index is 12.7. The second-order valence-corrected chi connectivity index (χ2v) is 2.61. The average molecular weight is 186 g/mol. The SMILES string of the molecule is N#CC(O)c1ccc(Cl)c(F)c1. The molecule has 0 heterocycles. The molecule has 0 aliphatic rings. The molecule has 1 N–H and O–H groups in total. The van der Waals surface area contributed by atoms with Crippen molar-refractivity contribution in [2.24, 2.45) is 0 Å². The standard InChI is InChI=1S/C8H5ClFNO/c9-6-2-1-5(3-7(6)10)8(12)4-11/h1-3,8,12H. The van der Waals surface area contributed by atoms with Gasteiger partial charge in [0.2, 0.25) is 0 Å². The van der Waals surface area contributed by atoms with Crippen LogP contribution in [0, 0.1) is 17.1 Å². The molecule has 1 rings (SSSR count). The molecule has 0 saturated carbocycles. The molecule has 2 nitrogen and oxygen atoms in total. The summed E-state index contributed by atoms with van der Waals surface area (Å²) in [6.07, 6.45) is -1.29. The van der Waals surface area contributed by atoms with Crippen LogP contribution < -0.4 is 0 Å². The molecule has 0 radical (unpaired) electrons. The second-order valence-electron chi connectivity index (χ2n) is 2.21. The Hall–Kier alpha value is -1.11. The minimum absolute atomic E-state index is 0.0242. The first-order chi connectivity index (χ1) is 5.65. The van der Waals surface area contributed by atoms with Crippen molar-refractivity contribution in [3.8, 4) is 6.07 Å². The van der Waals surface area contributed by atoms with Gasteiger partial charge in [0.1, 0.15) is 5.82 Å². The van der Waals surface area contributed by atoms with Crippen molar-refractivity contribution in [1.82, 2.24) is 0 Å². The van der Waals surface area contributed by atoms with Crippen molar-refractivity contribution in [2.75, 3.05) is 0 Å². The zero-order valence-electron chi connectivity index (χ0n) is 5.96. The number of rotatable bonds is 1. The van der Waals surface area contributed by atoms with Crippen LogP contribution in [0.15, 0.2) is 18.2 Å². The van der Waals surface area contributed by atoms with E-state index in [1.165, 1.54) is 12.1 Å². The summed E-state index contributed by atoms with van der Waals surface area (Å²) in [6, 6.07) is 5.31. The van der Waals surface area contributed by atoms with Crippen LogP contribution in [0.2, 0.25) is 5.02 Å². The molecule has 1 unspecified atom stereocenters. The first-order valence-corrected chi connectivity index (χ1v) is 3.55. The fourth-order valence-electron chi connectivity index (χ4n) is 0.757. The Bertz CT molecular complexity index is 334. The minimum Gasteiger partial charge on any atom is -0.374 e. The average Bonchev–Trinajstić information content (AvgIpc) is 2.08. The van der Waals surface area contributed by atoms with Gasteiger partial charge in [-0.3, -0.25) is 0 Å². The summed E-state index contributed by atoms with van der Waals surface area (Å²) in [5.41, 5.74) is 0.208. The van der Waals surface area contributed by atoms with E-state index in [9.17, 15) is 4.39 Å². The molecule has 1 atom stereocenters. The van der Waals surface area contributed by atoms with Crippen LogP contribution >= 0.6 is 11.6 Å². The number of halogens is 2. The molecule has 0 aromatic heterocycles. The Morgan fingerprint density at radius 1 is 1.58 bits per heavy atom. The Morgan fingerprint density at radius 2 is 2.25 bits per heavy atom. The van der Waals surface area contributed by atoms with Gasteiger partial charge in [0.15, 0.2) is 6.10 Å². The Kier molecular flexibility index (Phi) is 2.64. The van der Waals surface area contributed by atoms with Crippen LogP contribution in [0.25, 0.3) is 0 Å². The van der Waals surface area contributed by atoms with Crippen molar-refractivity contribution in [1.29, 1.82) is 5.26 Å². The van der Waals surface area contributed by atoms with Crippen molar-refractivity contribution < 1.29 is 9.50 Å². The molecule has 0 spiro atoms. The summed E-state index contributed by atoms with van der Waals surface area (Å²) < 4.78 is 12.7. The van der Waals surface area contributed by atoms with E-state index in [0.29, 0.717) is 0 Å². The predicted molar refractivity (Wildman–Crippen MR) is 42.0 cm³/mol. The van der Waals surface area contributed by atoms with E-state index in [1.807, 2.05) is 0 Å². The lowest BCUT2D eigenvalue weighted by Gasteiger charge is -2.01. The highest BCUT2D eigenvalue weighted by molar-refractivity contribution is 6.30. The van der Waals surface area contributed by atoms with Gasteiger partial charge in [-0.15, -0.1) is 0 Å². The van der Waals surface area contributed by atoms with Crippen molar-refractivity contribution in [3.63, 3.8) is 0 Å². The first-order valence-electron chi connectivity index (χ1n) is 3.18. The monoisotopic (exact) mass is 185 g/mol. The smallest absolute Gasteiger partial charge is 0.166 e. The molecule has 1 aromatic carbocycles. The third-order valence-corrected chi connectivity index (χ3v) is 1.69. The van der Waals surface area contributed by atoms with Crippen molar-refractivity contribution in [2.45, 2.75) is 6.10 Å². The highest BCUT2D eigenvalue weighted by Gasteiger charge is 2.07. The van der Waals surface area contributed by atoms with Crippen molar-refractivity contribution >= 4 is 11.6 Å². The van der Waals surface area contributed by atoms with Gasteiger partial charge in [-0.1, -0.05) is 17.7 Å². The van der Waals surface area contributed by atoms with E-state index in [1.54, 1.807) is 6.07 Å². The summed E-state index contributed by atoms with van der Waals surface area (Å²) >= 11 is 5.39. The van der Waals surface area contributed by atoms with Gasteiger partial charge in [0, 0.05) is 0 Å². The number of benzene rings is 1. The number of hydrogen-bond acceptors (Lipinski definition) is 2. The molecular formula is C8H5ClFNO. The van der Waals surface area contributed by atoms with Gasteiger partial charge in [-0.2, -0.15) is 5.26 Å². The molecule has 4 heteroatoms. The molecule has 0 saturated heterocycles. The van der Waals surface area contributed by atoms with Gasteiger partial charge >= 0.3 is 0 Å². The van der Waals surface area contributed by atoms with E-state index in [4.69, 9.17) is 22.0 Å². The summed E-state index contributed by atoms with van der Waals surface area (Å²) in [4.78, 5) is 0. The number of nitriles is 1. The zero-order valence-corrected chi connectivity index (χ0v) is 6.72. The zero-order chi connectivity index (χ0) is 9.14. The van der Waals surface area contributed by atoms with Crippen LogP contribution in [0.1, 0.15) is 11.7 Å². The third-order valence-electron chi connectivity index (χ3n) is 1.38. The molecule has 1 aromatic rings. The minimum atomic E-state index is -1.29. The summed E-state index contributed by atoms with van der Waals surface area (Å²) in [5, 5.41) is 17.2. The lowest BCUT2D eigenvalue weighted by molar-refractivity contribution is 0.235. The highest BCUT2D eigenvalue weighted by Crippen LogP contribution is 2.19. The van der Waals surface area contributed by atoms with E-state index in [0.717, 1.165) is 6.07 Å². The first kappa shape index (κ1) is 8.98. The van der Waals surface area contributed by atoms with Crippen LogP contribution in [-0.2, 0) is 0 Å². The molecule has 0 bridgehead atoms. The van der Waals surface area contributed by atoms with E-state index < -0.39 is 11.9 Å². The summed E-state index contributed by atoms with van der Waals surface area (Å²) in [5.74, 6) is -0.636. The normalized spacial score (nSPS) is 12.2. The largest absolute Gasteiger partial charge is 0.374 e. The summed E-state index contributed by atoms with van der Waals surface area (Å²) in [7, 11) is 0. The number of aliphatic hydroxyl groups is 1. The topological polar surface area (TPSA) is 44.0 Å². The Labute approximate surface area is 73.8 Å². The maximum atomic E-state index is 12.7. The highest BCUT2D eigenvalue weighted by atomic mass is 35.5. The van der Waals surface area contributed by atoms with Gasteiger partial charge in [0.05, 0.1) is 11.1 Å². The molecule has 62 valence electrons. The number of nitrogens with zero attached hydrogens (tertiary/aromatic N) is 1. The molecule has 0 aliphatic heterocycles. The molecule has 0 fully saturated rings. The van der Waals surface area contributed by atoms with Gasteiger partial charge in [0.25, 0.3) is 0 Å². The van der Waals surface area contributed by atoms with Gasteiger partial charge in [-0.25, -0.2) is 4.39 Å². The fraction of sp³-hybridized carbons (Fsp3) is 0.125. The lowest BCUT2D eigenvalue weighted by atomic mass is 10.1. The second kappa shape index (κ2) is 3.53. The molecule has 0 amide bonds. The number of hydrogen-bond donors (Lipinski definition) is 1. The van der Waals surface area contributed by atoms with E-state index in [2.05, 4.69) is 0 Å². The van der Waals surface area contributed by atoms with Crippen LogP contribution in [0.3, 0.4) is 0 Å².